The molecule has 6 nitrogen and oxygen atoms in total. The maximum atomic E-state index is 13.2. The van der Waals surface area contributed by atoms with Crippen molar-refractivity contribution < 1.29 is 14.0 Å². The van der Waals surface area contributed by atoms with Gasteiger partial charge in [0.1, 0.15) is 6.26 Å². The smallest absolute Gasteiger partial charge is 0.273 e. The highest BCUT2D eigenvalue weighted by molar-refractivity contribution is 5.94. The Kier molecular flexibility index (Phi) is 7.82. The van der Waals surface area contributed by atoms with Crippen LogP contribution in [-0.2, 0) is 12.0 Å². The summed E-state index contributed by atoms with van der Waals surface area (Å²) in [6, 6.07) is 7.82. The van der Waals surface area contributed by atoms with Gasteiger partial charge in [0.25, 0.3) is 11.8 Å². The maximum absolute atomic E-state index is 13.2. The largest absolute Gasteiger partial charge is 0.446 e. The van der Waals surface area contributed by atoms with Gasteiger partial charge in [-0.1, -0.05) is 46.8 Å². The van der Waals surface area contributed by atoms with Crippen LogP contribution in [-0.4, -0.2) is 33.8 Å². The first-order chi connectivity index (χ1) is 14.1. The summed E-state index contributed by atoms with van der Waals surface area (Å²) in [4.78, 5) is 31.5. The quantitative estimate of drug-likeness (QED) is 0.665. The lowest BCUT2D eigenvalue weighted by molar-refractivity contribution is 0.0652. The van der Waals surface area contributed by atoms with Crippen LogP contribution < -0.4 is 5.32 Å². The number of nitrogens with zero attached hydrogens (tertiary/aromatic N) is 2. The van der Waals surface area contributed by atoms with Crippen LogP contribution >= 0.6 is 0 Å². The Morgan fingerprint density at radius 3 is 2.27 bits per heavy atom. The van der Waals surface area contributed by atoms with Crippen LogP contribution in [0.3, 0.4) is 0 Å². The van der Waals surface area contributed by atoms with Crippen molar-refractivity contribution in [3.05, 3.63) is 53.2 Å². The number of rotatable bonds is 8. The molecule has 2 aromatic rings. The van der Waals surface area contributed by atoms with Crippen LogP contribution in [0.15, 0.2) is 34.9 Å². The summed E-state index contributed by atoms with van der Waals surface area (Å²) in [7, 11) is 0. The van der Waals surface area contributed by atoms with E-state index < -0.39 is 0 Å². The molecule has 2 rings (SSSR count). The van der Waals surface area contributed by atoms with Gasteiger partial charge in [-0.05, 0) is 49.8 Å². The Labute approximate surface area is 180 Å². The van der Waals surface area contributed by atoms with E-state index >= 15 is 0 Å². The third-order valence-electron chi connectivity index (χ3n) is 5.46. The summed E-state index contributed by atoms with van der Waals surface area (Å²) < 4.78 is 5.51. The lowest BCUT2D eigenvalue weighted by Crippen LogP contribution is -2.38. The molecule has 0 aliphatic heterocycles. The molecular weight excluding hydrogens is 378 g/mol. The zero-order chi connectivity index (χ0) is 22.5. The summed E-state index contributed by atoms with van der Waals surface area (Å²) in [5.41, 5.74) is 2.07. The minimum absolute atomic E-state index is 0.00378. The summed E-state index contributed by atoms with van der Waals surface area (Å²) in [6.45, 7) is 14.6. The zero-order valence-corrected chi connectivity index (χ0v) is 19.3. The molecule has 0 fully saturated rings. The Hall–Kier alpha value is -2.63. The van der Waals surface area contributed by atoms with Crippen molar-refractivity contribution in [2.45, 2.75) is 85.4 Å². The first-order valence-corrected chi connectivity index (χ1v) is 10.7. The highest BCUT2D eigenvalue weighted by Crippen LogP contribution is 2.23. The first kappa shape index (κ1) is 23.6. The second kappa shape index (κ2) is 9.92. The van der Waals surface area contributed by atoms with Gasteiger partial charge < -0.3 is 14.6 Å². The number of hydrogen-bond donors (Lipinski definition) is 1. The van der Waals surface area contributed by atoms with Crippen LogP contribution in [0.2, 0.25) is 0 Å². The summed E-state index contributed by atoms with van der Waals surface area (Å²) in [5, 5.41) is 2.87. The molecule has 0 saturated carbocycles. The van der Waals surface area contributed by atoms with Crippen molar-refractivity contribution in [3.63, 3.8) is 0 Å². The van der Waals surface area contributed by atoms with E-state index in [1.54, 1.807) is 4.90 Å². The highest BCUT2D eigenvalue weighted by atomic mass is 16.3. The van der Waals surface area contributed by atoms with E-state index in [0.29, 0.717) is 11.5 Å². The summed E-state index contributed by atoms with van der Waals surface area (Å²) in [5.74, 6) is 0.0106. The molecule has 0 bridgehead atoms. The zero-order valence-electron chi connectivity index (χ0n) is 19.3. The fourth-order valence-electron chi connectivity index (χ4n) is 2.96. The number of benzene rings is 1. The number of aromatic nitrogens is 1. The minimum Gasteiger partial charge on any atom is -0.446 e. The van der Waals surface area contributed by atoms with Gasteiger partial charge >= 0.3 is 0 Å². The van der Waals surface area contributed by atoms with Crippen LogP contribution in [0.5, 0.6) is 0 Å². The van der Waals surface area contributed by atoms with Crippen molar-refractivity contribution in [1.29, 1.82) is 0 Å². The van der Waals surface area contributed by atoms with Crippen LogP contribution in [0, 0.1) is 0 Å². The molecule has 0 aliphatic carbocycles. The van der Waals surface area contributed by atoms with Gasteiger partial charge in [-0.25, -0.2) is 4.98 Å². The normalized spacial score (nSPS) is 13.6. The SMILES string of the molecule is CC[C@H](C)NC(=O)c1coc(CN(C(=O)c2ccc(C(C)(C)C)cc2)[C@@H](C)CC)n1. The van der Waals surface area contributed by atoms with Gasteiger partial charge in [-0.3, -0.25) is 9.59 Å². The third-order valence-corrected chi connectivity index (χ3v) is 5.46. The average Bonchev–Trinajstić information content (AvgIpc) is 3.19. The lowest BCUT2D eigenvalue weighted by Gasteiger charge is -2.28. The predicted octanol–water partition coefficient (Wildman–Crippen LogP) is 4.94. The maximum Gasteiger partial charge on any atom is 0.273 e. The molecule has 164 valence electrons. The van der Waals surface area contributed by atoms with Gasteiger partial charge in [0.2, 0.25) is 5.89 Å². The highest BCUT2D eigenvalue weighted by Gasteiger charge is 2.24. The van der Waals surface area contributed by atoms with Gasteiger partial charge in [0, 0.05) is 17.6 Å². The Morgan fingerprint density at radius 1 is 1.10 bits per heavy atom. The van der Waals surface area contributed by atoms with Crippen molar-refractivity contribution in [2.75, 3.05) is 0 Å². The van der Waals surface area contributed by atoms with Gasteiger partial charge in [0.15, 0.2) is 5.69 Å². The Balaban J connectivity index is 2.19. The molecule has 2 amide bonds. The van der Waals surface area contributed by atoms with Crippen LogP contribution in [0.4, 0.5) is 0 Å². The number of amides is 2. The van der Waals surface area contributed by atoms with Crippen molar-refractivity contribution in [1.82, 2.24) is 15.2 Å². The van der Waals surface area contributed by atoms with Crippen molar-refractivity contribution >= 4 is 11.8 Å². The standard InChI is InChI=1S/C24H35N3O3/c1-8-16(3)25-22(28)20-15-30-21(26-20)14-27(17(4)9-2)23(29)18-10-12-19(13-11-18)24(5,6)7/h10-13,15-17H,8-9,14H2,1-7H3,(H,25,28)/t16-,17-/m0/s1. The molecule has 0 unspecified atom stereocenters. The van der Waals surface area contributed by atoms with Crippen LogP contribution in [0.1, 0.15) is 93.6 Å². The topological polar surface area (TPSA) is 75.4 Å². The first-order valence-electron chi connectivity index (χ1n) is 10.7. The van der Waals surface area contributed by atoms with Gasteiger partial charge in [-0.15, -0.1) is 0 Å². The van der Waals surface area contributed by atoms with E-state index in [2.05, 4.69) is 31.1 Å². The Morgan fingerprint density at radius 2 is 1.73 bits per heavy atom. The fourth-order valence-corrected chi connectivity index (χ4v) is 2.96. The molecular formula is C24H35N3O3. The van der Waals surface area contributed by atoms with E-state index in [1.165, 1.54) is 11.8 Å². The molecule has 1 aromatic heterocycles. The second-order valence-corrected chi connectivity index (χ2v) is 8.93. The molecule has 0 aliphatic rings. The van der Waals surface area contributed by atoms with Crippen molar-refractivity contribution in [2.24, 2.45) is 0 Å². The average molecular weight is 414 g/mol. The van der Waals surface area contributed by atoms with E-state index in [1.807, 2.05) is 52.0 Å². The molecule has 1 heterocycles. The monoisotopic (exact) mass is 413 g/mol. The second-order valence-electron chi connectivity index (χ2n) is 8.93. The number of oxazole rings is 1. The molecule has 30 heavy (non-hydrogen) atoms. The number of hydrogen-bond acceptors (Lipinski definition) is 4. The van der Waals surface area contributed by atoms with E-state index in [4.69, 9.17) is 4.42 Å². The lowest BCUT2D eigenvalue weighted by atomic mass is 9.86. The van der Waals surface area contributed by atoms with Crippen molar-refractivity contribution in [3.8, 4) is 0 Å². The van der Waals surface area contributed by atoms with Gasteiger partial charge in [-0.2, -0.15) is 0 Å². The van der Waals surface area contributed by atoms with Crippen LogP contribution in [0.25, 0.3) is 0 Å². The molecule has 0 radical (unpaired) electrons. The number of nitrogens with one attached hydrogen (secondary N) is 1. The molecule has 0 saturated heterocycles. The minimum atomic E-state index is -0.265. The predicted molar refractivity (Wildman–Crippen MR) is 118 cm³/mol. The molecule has 1 aromatic carbocycles. The van der Waals surface area contributed by atoms with E-state index in [0.717, 1.165) is 12.8 Å². The molecule has 2 atom stereocenters. The Bertz CT molecular complexity index is 849. The fraction of sp³-hybridized carbons (Fsp3) is 0.542. The molecule has 6 heteroatoms. The van der Waals surface area contributed by atoms with Gasteiger partial charge in [0.05, 0.1) is 6.54 Å². The summed E-state index contributed by atoms with van der Waals surface area (Å²) in [6.07, 6.45) is 2.99. The van der Waals surface area contributed by atoms with E-state index in [-0.39, 0.29) is 41.6 Å². The number of carbonyl (C=O) groups is 2. The molecule has 0 spiro atoms. The summed E-state index contributed by atoms with van der Waals surface area (Å²) >= 11 is 0. The number of carbonyl (C=O) groups excluding carboxylic acids is 2. The van der Waals surface area contributed by atoms with E-state index in [9.17, 15) is 9.59 Å². The molecule has 1 N–H and O–H groups in total. The third kappa shape index (κ3) is 5.94.